The Morgan fingerprint density at radius 2 is 1.76 bits per heavy atom. The van der Waals surface area contributed by atoms with E-state index in [4.69, 9.17) is 0 Å². The van der Waals surface area contributed by atoms with Gasteiger partial charge < -0.3 is 0 Å². The molecule has 1 atom stereocenters. The summed E-state index contributed by atoms with van der Waals surface area (Å²) in [5.74, 6) is -0.305. The van der Waals surface area contributed by atoms with E-state index >= 15 is 0 Å². The van der Waals surface area contributed by atoms with Crippen LogP contribution >= 0.6 is 15.9 Å². The summed E-state index contributed by atoms with van der Waals surface area (Å²) >= 11 is 3.24. The van der Waals surface area contributed by atoms with Gasteiger partial charge in [-0.1, -0.05) is 24.3 Å². The zero-order chi connectivity index (χ0) is 15.5. The van der Waals surface area contributed by atoms with Gasteiger partial charge in [0.2, 0.25) is 10.0 Å². The van der Waals surface area contributed by atoms with E-state index in [1.165, 1.54) is 18.2 Å². The molecule has 21 heavy (non-hydrogen) atoms. The Balaban J connectivity index is 2.10. The Bertz CT molecular complexity index is 717. The molecule has 0 fully saturated rings. The quantitative estimate of drug-likeness (QED) is 0.873. The molecule has 0 saturated carbocycles. The molecular formula is C15H15BrFNO2S. The van der Waals surface area contributed by atoms with E-state index in [1.807, 2.05) is 0 Å². The average Bonchev–Trinajstić information content (AvgIpc) is 2.41. The zero-order valence-electron chi connectivity index (χ0n) is 11.4. The van der Waals surface area contributed by atoms with Gasteiger partial charge in [0, 0.05) is 10.5 Å². The largest absolute Gasteiger partial charge is 0.241 e. The summed E-state index contributed by atoms with van der Waals surface area (Å²) in [5, 5.41) is 0. The van der Waals surface area contributed by atoms with Crippen LogP contribution in [0.5, 0.6) is 0 Å². The Hall–Kier alpha value is -1.24. The molecule has 6 heteroatoms. The van der Waals surface area contributed by atoms with Gasteiger partial charge in [-0.25, -0.2) is 17.5 Å². The van der Waals surface area contributed by atoms with Crippen molar-refractivity contribution < 1.29 is 12.8 Å². The Labute approximate surface area is 132 Å². The van der Waals surface area contributed by atoms with Crippen LogP contribution in [0.2, 0.25) is 0 Å². The van der Waals surface area contributed by atoms with E-state index in [1.54, 1.807) is 37.3 Å². The molecule has 0 aliphatic heterocycles. The van der Waals surface area contributed by atoms with E-state index in [9.17, 15) is 12.8 Å². The van der Waals surface area contributed by atoms with Crippen LogP contribution in [0.3, 0.4) is 0 Å². The van der Waals surface area contributed by atoms with Crippen LogP contribution in [0.15, 0.2) is 57.9 Å². The topological polar surface area (TPSA) is 46.2 Å². The summed E-state index contributed by atoms with van der Waals surface area (Å²) in [4.78, 5) is 0.205. The fourth-order valence-electron chi connectivity index (χ4n) is 2.01. The maximum atomic E-state index is 12.8. The lowest BCUT2D eigenvalue weighted by Gasteiger charge is -2.15. The Kier molecular flexibility index (Phi) is 5.13. The number of rotatable bonds is 5. The monoisotopic (exact) mass is 371 g/mol. The molecule has 2 aromatic rings. The Morgan fingerprint density at radius 1 is 1.14 bits per heavy atom. The van der Waals surface area contributed by atoms with E-state index in [2.05, 4.69) is 20.7 Å². The first-order chi connectivity index (χ1) is 9.88. The van der Waals surface area contributed by atoms with Gasteiger partial charge >= 0.3 is 0 Å². The van der Waals surface area contributed by atoms with Crippen molar-refractivity contribution in [3.8, 4) is 0 Å². The van der Waals surface area contributed by atoms with E-state index in [0.717, 1.165) is 5.56 Å². The fraction of sp³-hybridized carbons (Fsp3) is 0.200. The highest BCUT2D eigenvalue weighted by molar-refractivity contribution is 9.10. The van der Waals surface area contributed by atoms with Gasteiger partial charge in [-0.3, -0.25) is 0 Å². The van der Waals surface area contributed by atoms with Crippen LogP contribution in [-0.2, 0) is 16.4 Å². The molecule has 0 aliphatic rings. The molecule has 0 amide bonds. The summed E-state index contributed by atoms with van der Waals surface area (Å²) in [6.45, 7) is 1.78. The molecule has 0 saturated heterocycles. The summed E-state index contributed by atoms with van der Waals surface area (Å²) in [6, 6.07) is 12.4. The number of halogens is 2. The van der Waals surface area contributed by atoms with Gasteiger partial charge in [-0.05, 0) is 59.1 Å². The number of nitrogens with one attached hydrogen (secondary N) is 1. The SMILES string of the molecule is CC(Cc1ccc(F)cc1)NS(=O)(=O)c1ccccc1Br. The van der Waals surface area contributed by atoms with E-state index < -0.39 is 10.0 Å². The number of benzene rings is 2. The third kappa shape index (κ3) is 4.36. The molecule has 1 N–H and O–H groups in total. The lowest BCUT2D eigenvalue weighted by Crippen LogP contribution is -2.34. The first-order valence-electron chi connectivity index (χ1n) is 6.40. The van der Waals surface area contributed by atoms with Crippen molar-refractivity contribution in [1.82, 2.24) is 4.72 Å². The van der Waals surface area contributed by atoms with Gasteiger partial charge in [0.1, 0.15) is 5.82 Å². The van der Waals surface area contributed by atoms with Crippen molar-refractivity contribution in [2.24, 2.45) is 0 Å². The van der Waals surface area contributed by atoms with Gasteiger partial charge in [-0.2, -0.15) is 0 Å². The molecule has 0 aliphatic carbocycles. The number of hydrogen-bond acceptors (Lipinski definition) is 2. The van der Waals surface area contributed by atoms with Crippen LogP contribution in [-0.4, -0.2) is 14.5 Å². The number of sulfonamides is 1. The standard InChI is InChI=1S/C15H15BrFNO2S/c1-11(10-12-6-8-13(17)9-7-12)18-21(19,20)15-5-3-2-4-14(15)16/h2-9,11,18H,10H2,1H3. The molecule has 112 valence electrons. The second kappa shape index (κ2) is 6.68. The first-order valence-corrected chi connectivity index (χ1v) is 8.67. The Morgan fingerprint density at radius 3 is 2.38 bits per heavy atom. The maximum Gasteiger partial charge on any atom is 0.241 e. The normalized spacial score (nSPS) is 13.1. The summed E-state index contributed by atoms with van der Waals surface area (Å²) in [5.41, 5.74) is 0.874. The van der Waals surface area contributed by atoms with Gasteiger partial charge in [0.15, 0.2) is 0 Å². The molecule has 3 nitrogen and oxygen atoms in total. The molecule has 0 aromatic heterocycles. The smallest absolute Gasteiger partial charge is 0.208 e. The molecule has 2 rings (SSSR count). The first kappa shape index (κ1) is 16.1. The second-order valence-corrected chi connectivity index (χ2v) is 7.32. The molecule has 0 spiro atoms. The zero-order valence-corrected chi connectivity index (χ0v) is 13.8. The summed E-state index contributed by atoms with van der Waals surface area (Å²) in [7, 11) is -3.59. The van der Waals surface area contributed by atoms with Crippen LogP contribution in [0.25, 0.3) is 0 Å². The van der Waals surface area contributed by atoms with Gasteiger partial charge in [0.05, 0.1) is 4.90 Å². The van der Waals surface area contributed by atoms with E-state index in [-0.39, 0.29) is 16.8 Å². The molecule has 0 radical (unpaired) electrons. The minimum Gasteiger partial charge on any atom is -0.208 e. The predicted molar refractivity (Wildman–Crippen MR) is 84.0 cm³/mol. The summed E-state index contributed by atoms with van der Waals surface area (Å²) in [6.07, 6.45) is 0.490. The lowest BCUT2D eigenvalue weighted by atomic mass is 10.1. The van der Waals surface area contributed by atoms with Crippen molar-refractivity contribution >= 4 is 26.0 Å². The van der Waals surface area contributed by atoms with Gasteiger partial charge in [0.25, 0.3) is 0 Å². The molecule has 0 heterocycles. The molecule has 0 bridgehead atoms. The maximum absolute atomic E-state index is 12.8. The third-order valence-electron chi connectivity index (χ3n) is 2.94. The highest BCUT2D eigenvalue weighted by Gasteiger charge is 2.19. The minimum absolute atomic E-state index is 0.205. The second-order valence-electron chi connectivity index (χ2n) is 4.78. The summed E-state index contributed by atoms with van der Waals surface area (Å²) < 4.78 is 40.6. The predicted octanol–water partition coefficient (Wildman–Crippen LogP) is 3.50. The average molecular weight is 372 g/mol. The highest BCUT2D eigenvalue weighted by Crippen LogP contribution is 2.21. The van der Waals surface area contributed by atoms with Crippen LogP contribution < -0.4 is 4.72 Å². The van der Waals surface area contributed by atoms with Gasteiger partial charge in [-0.15, -0.1) is 0 Å². The van der Waals surface area contributed by atoms with Crippen LogP contribution in [0, 0.1) is 5.82 Å². The molecule has 1 unspecified atom stereocenters. The fourth-order valence-corrected chi connectivity index (χ4v) is 4.25. The van der Waals surface area contributed by atoms with Crippen molar-refractivity contribution in [1.29, 1.82) is 0 Å². The van der Waals surface area contributed by atoms with Crippen molar-refractivity contribution in [3.63, 3.8) is 0 Å². The third-order valence-corrected chi connectivity index (χ3v) is 5.54. The van der Waals surface area contributed by atoms with Crippen LogP contribution in [0.1, 0.15) is 12.5 Å². The molecular weight excluding hydrogens is 357 g/mol. The van der Waals surface area contributed by atoms with E-state index in [0.29, 0.717) is 10.9 Å². The van der Waals surface area contributed by atoms with Crippen molar-refractivity contribution in [3.05, 3.63) is 64.4 Å². The molecule has 2 aromatic carbocycles. The lowest BCUT2D eigenvalue weighted by molar-refractivity contribution is 0.559. The number of hydrogen-bond donors (Lipinski definition) is 1. The minimum atomic E-state index is -3.59. The highest BCUT2D eigenvalue weighted by atomic mass is 79.9. The van der Waals surface area contributed by atoms with Crippen molar-refractivity contribution in [2.45, 2.75) is 24.3 Å². The van der Waals surface area contributed by atoms with Crippen LogP contribution in [0.4, 0.5) is 4.39 Å². The van der Waals surface area contributed by atoms with Crippen molar-refractivity contribution in [2.75, 3.05) is 0 Å².